The van der Waals surface area contributed by atoms with Crippen molar-refractivity contribution in [1.82, 2.24) is 0 Å². The minimum Gasteiger partial charge on any atom is -1.00 e. The molecular formula is C4H7KO6. The molecule has 0 amide bonds. The summed E-state index contributed by atoms with van der Waals surface area (Å²) in [5, 5.41) is 32.5. The molecular weight excluding hydrogens is 183 g/mol. The van der Waals surface area contributed by atoms with Crippen molar-refractivity contribution in [3.05, 3.63) is 0 Å². The Morgan fingerprint density at radius 3 is 1.27 bits per heavy atom. The van der Waals surface area contributed by atoms with Gasteiger partial charge in [0.1, 0.15) is 0 Å². The third kappa shape index (κ3) is 4.85. The predicted octanol–water partition coefficient (Wildman–Crippen LogP) is -5.01. The Bertz CT molecular complexity index is 144. The van der Waals surface area contributed by atoms with Gasteiger partial charge in [0.05, 0.1) is 0 Å². The van der Waals surface area contributed by atoms with E-state index in [-0.39, 0.29) is 52.8 Å². The number of carboxylic acid groups (broad SMARTS) is 2. The molecule has 2 atom stereocenters. The van der Waals surface area contributed by atoms with Crippen LogP contribution in [0.4, 0.5) is 0 Å². The van der Waals surface area contributed by atoms with Gasteiger partial charge in [-0.1, -0.05) is 0 Å². The molecule has 0 saturated carbocycles. The number of aliphatic hydroxyl groups excluding tert-OH is 2. The molecule has 0 aliphatic carbocycles. The van der Waals surface area contributed by atoms with Gasteiger partial charge in [-0.05, 0) is 0 Å². The summed E-state index contributed by atoms with van der Waals surface area (Å²) in [6.45, 7) is 0. The molecule has 0 fully saturated rings. The molecule has 6 nitrogen and oxygen atoms in total. The normalized spacial score (nSPS) is 14.4. The van der Waals surface area contributed by atoms with Crippen molar-refractivity contribution in [3.63, 3.8) is 0 Å². The third-order valence-electron chi connectivity index (χ3n) is 0.805. The van der Waals surface area contributed by atoms with Crippen LogP contribution >= 0.6 is 0 Å². The van der Waals surface area contributed by atoms with Gasteiger partial charge in [-0.15, -0.1) is 0 Å². The largest absolute Gasteiger partial charge is 1.00 e. The first-order chi connectivity index (χ1) is 4.46. The van der Waals surface area contributed by atoms with Crippen molar-refractivity contribution in [3.8, 4) is 0 Å². The maximum atomic E-state index is 9.77. The van der Waals surface area contributed by atoms with Crippen LogP contribution in [0, 0.1) is 0 Å². The van der Waals surface area contributed by atoms with E-state index in [2.05, 4.69) is 0 Å². The van der Waals surface area contributed by atoms with Gasteiger partial charge in [0, 0.05) is 0 Å². The van der Waals surface area contributed by atoms with E-state index in [0.29, 0.717) is 0 Å². The molecule has 0 aromatic rings. The zero-order valence-corrected chi connectivity index (χ0v) is 8.88. The van der Waals surface area contributed by atoms with E-state index in [0.717, 1.165) is 0 Å². The van der Waals surface area contributed by atoms with Crippen molar-refractivity contribution in [2.24, 2.45) is 0 Å². The molecule has 0 spiro atoms. The van der Waals surface area contributed by atoms with E-state index in [1.807, 2.05) is 0 Å². The smallest absolute Gasteiger partial charge is 1.00 e. The summed E-state index contributed by atoms with van der Waals surface area (Å²) < 4.78 is 0. The number of carboxylic acids is 2. The molecule has 11 heavy (non-hydrogen) atoms. The molecule has 0 aliphatic rings. The van der Waals surface area contributed by atoms with Crippen LogP contribution in [0.2, 0.25) is 0 Å². The summed E-state index contributed by atoms with van der Waals surface area (Å²) in [5.41, 5.74) is 0. The van der Waals surface area contributed by atoms with Gasteiger partial charge in [0.25, 0.3) is 0 Å². The van der Waals surface area contributed by atoms with Crippen LogP contribution < -0.4 is 51.4 Å². The Morgan fingerprint density at radius 2 is 1.18 bits per heavy atom. The van der Waals surface area contributed by atoms with Crippen LogP contribution in [0.25, 0.3) is 0 Å². The fourth-order valence-corrected chi connectivity index (χ4v) is 0.270. The van der Waals surface area contributed by atoms with Crippen LogP contribution in [0.3, 0.4) is 0 Å². The Hall–Kier alpha value is 0.496. The first-order valence-electron chi connectivity index (χ1n) is 2.28. The van der Waals surface area contributed by atoms with Crippen molar-refractivity contribution in [2.75, 3.05) is 0 Å². The SMILES string of the molecule is O=C(O)C(O)C(O)C(=O)O.[H-].[K+]. The summed E-state index contributed by atoms with van der Waals surface area (Å²) in [5.74, 6) is -3.54. The van der Waals surface area contributed by atoms with Crippen molar-refractivity contribution in [1.29, 1.82) is 0 Å². The Labute approximate surface area is 106 Å². The van der Waals surface area contributed by atoms with Crippen LogP contribution in [0.5, 0.6) is 0 Å². The van der Waals surface area contributed by atoms with E-state index < -0.39 is 24.1 Å². The maximum absolute atomic E-state index is 9.77. The van der Waals surface area contributed by atoms with Gasteiger partial charge >= 0.3 is 63.3 Å². The van der Waals surface area contributed by atoms with E-state index in [1.54, 1.807) is 0 Å². The number of rotatable bonds is 3. The molecule has 0 rings (SSSR count). The number of aliphatic carboxylic acids is 2. The molecule has 0 aliphatic heterocycles. The Morgan fingerprint density at radius 1 is 1.00 bits per heavy atom. The third-order valence-corrected chi connectivity index (χ3v) is 0.805. The maximum Gasteiger partial charge on any atom is 1.00 e. The van der Waals surface area contributed by atoms with Gasteiger partial charge in [-0.2, -0.15) is 0 Å². The van der Waals surface area contributed by atoms with E-state index in [1.165, 1.54) is 0 Å². The first kappa shape index (κ1) is 14.0. The van der Waals surface area contributed by atoms with Gasteiger partial charge in [0.2, 0.25) is 0 Å². The van der Waals surface area contributed by atoms with Gasteiger partial charge in [0.15, 0.2) is 12.2 Å². The van der Waals surface area contributed by atoms with E-state index in [9.17, 15) is 9.59 Å². The first-order valence-corrected chi connectivity index (χ1v) is 2.28. The molecule has 2 unspecified atom stereocenters. The minimum atomic E-state index is -2.27. The molecule has 4 N–H and O–H groups in total. The topological polar surface area (TPSA) is 115 Å². The van der Waals surface area contributed by atoms with Crippen molar-refractivity contribution in [2.45, 2.75) is 12.2 Å². The number of aliphatic hydroxyl groups is 2. The summed E-state index contributed by atoms with van der Waals surface area (Å²) in [6.07, 6.45) is -4.53. The molecule has 0 saturated heterocycles. The van der Waals surface area contributed by atoms with Crippen LogP contribution in [0.15, 0.2) is 0 Å². The zero-order valence-electron chi connectivity index (χ0n) is 6.76. The molecule has 60 valence electrons. The van der Waals surface area contributed by atoms with Crippen molar-refractivity contribution >= 4 is 11.9 Å². The van der Waals surface area contributed by atoms with E-state index in [4.69, 9.17) is 20.4 Å². The minimum absolute atomic E-state index is 0. The number of hydrogen-bond acceptors (Lipinski definition) is 4. The molecule has 0 heterocycles. The van der Waals surface area contributed by atoms with Crippen LogP contribution in [-0.4, -0.2) is 44.6 Å². The fourth-order valence-electron chi connectivity index (χ4n) is 0.270. The second-order valence-corrected chi connectivity index (χ2v) is 1.57. The second kappa shape index (κ2) is 6.06. The van der Waals surface area contributed by atoms with E-state index >= 15 is 0 Å². The van der Waals surface area contributed by atoms with Gasteiger partial charge in [-0.25, -0.2) is 9.59 Å². The van der Waals surface area contributed by atoms with Gasteiger partial charge < -0.3 is 21.9 Å². The summed E-state index contributed by atoms with van der Waals surface area (Å²) in [6, 6.07) is 0. The standard InChI is InChI=1S/C4H6O6.K.H/c5-1(3(7)8)2(6)4(9)10;;/h1-2,5-6H,(H,7,8)(H,9,10);;/q;+1;-1. The average Bonchev–Trinajstić information content (AvgIpc) is 1.84. The molecule has 0 bridgehead atoms. The Kier molecular flexibility index (Phi) is 7.74. The average molecular weight is 190 g/mol. The van der Waals surface area contributed by atoms with Crippen LogP contribution in [0.1, 0.15) is 1.43 Å². The second-order valence-electron chi connectivity index (χ2n) is 1.57. The number of carbonyl (C=O) groups is 2. The monoisotopic (exact) mass is 190 g/mol. The summed E-state index contributed by atoms with van der Waals surface area (Å²) >= 11 is 0. The number of hydrogen-bond donors (Lipinski definition) is 4. The molecule has 0 aromatic heterocycles. The molecule has 0 aromatic carbocycles. The molecule has 0 radical (unpaired) electrons. The zero-order chi connectivity index (χ0) is 8.31. The molecule has 7 heteroatoms. The fraction of sp³-hybridized carbons (Fsp3) is 0.500. The summed E-state index contributed by atoms with van der Waals surface area (Å²) in [7, 11) is 0. The quantitative estimate of drug-likeness (QED) is 0.331. The van der Waals surface area contributed by atoms with Crippen LogP contribution in [-0.2, 0) is 9.59 Å². The summed E-state index contributed by atoms with van der Waals surface area (Å²) in [4.78, 5) is 19.5. The van der Waals surface area contributed by atoms with Gasteiger partial charge in [-0.3, -0.25) is 0 Å². The Balaban J connectivity index is -0.000000405. The van der Waals surface area contributed by atoms with Crippen molar-refractivity contribution < 1.29 is 82.8 Å². The predicted molar refractivity (Wildman–Crippen MR) is 28.4 cm³/mol.